The van der Waals surface area contributed by atoms with Crippen molar-refractivity contribution in [2.24, 2.45) is 23.7 Å². The highest BCUT2D eigenvalue weighted by atomic mass is 35.5. The van der Waals surface area contributed by atoms with Gasteiger partial charge in [0.15, 0.2) is 0 Å². The SMILES string of the molecule is Cc1cc(C2C3=CCC4C(=O)N(c5ccc(C(=O)O)c(O)c5)C(=O)C4C3CC3C(=O)N(c4cccc(Cl)c4)C(=O)C32c2ccccc2)cc(C)c1O. The van der Waals surface area contributed by atoms with Gasteiger partial charge < -0.3 is 15.3 Å². The number of hydrogen-bond donors (Lipinski definition) is 3. The molecule has 11 heteroatoms. The zero-order valence-corrected chi connectivity index (χ0v) is 28.9. The number of rotatable bonds is 5. The zero-order valence-electron chi connectivity index (χ0n) is 28.1. The van der Waals surface area contributed by atoms with Gasteiger partial charge >= 0.3 is 5.97 Å². The maximum atomic E-state index is 15.4. The van der Waals surface area contributed by atoms with Gasteiger partial charge in [-0.3, -0.25) is 19.2 Å². The van der Waals surface area contributed by atoms with Crippen molar-refractivity contribution in [3.8, 4) is 11.5 Å². The van der Waals surface area contributed by atoms with Crippen LogP contribution in [-0.2, 0) is 24.6 Å². The lowest BCUT2D eigenvalue weighted by Gasteiger charge is -2.51. The van der Waals surface area contributed by atoms with E-state index in [1.54, 1.807) is 38.1 Å². The smallest absolute Gasteiger partial charge is 0.339 e. The highest BCUT2D eigenvalue weighted by molar-refractivity contribution is 6.32. The van der Waals surface area contributed by atoms with E-state index in [-0.39, 0.29) is 29.8 Å². The van der Waals surface area contributed by atoms with Gasteiger partial charge in [-0.25, -0.2) is 14.6 Å². The number of fused-ring (bicyclic) bond motifs is 4. The lowest BCUT2D eigenvalue weighted by molar-refractivity contribution is -0.127. The molecule has 3 N–H and O–H groups in total. The molecular weight excluding hydrogens is 684 g/mol. The first-order valence-corrected chi connectivity index (χ1v) is 17.4. The molecule has 1 saturated carbocycles. The molecule has 6 unspecified atom stereocenters. The minimum atomic E-state index is -1.46. The molecule has 2 saturated heterocycles. The summed E-state index contributed by atoms with van der Waals surface area (Å²) in [6.45, 7) is 3.54. The Hall–Kier alpha value is -5.74. The zero-order chi connectivity index (χ0) is 36.8. The number of amides is 4. The van der Waals surface area contributed by atoms with E-state index in [2.05, 4.69) is 0 Å². The molecule has 8 rings (SSSR count). The predicted octanol–water partition coefficient (Wildman–Crippen LogP) is 6.43. The third-order valence-corrected chi connectivity index (χ3v) is 11.7. The molecule has 0 radical (unpaired) electrons. The van der Waals surface area contributed by atoms with E-state index in [4.69, 9.17) is 11.6 Å². The Morgan fingerprint density at radius 3 is 2.13 bits per heavy atom. The molecule has 2 aliphatic carbocycles. The molecule has 2 aliphatic heterocycles. The van der Waals surface area contributed by atoms with Gasteiger partial charge in [-0.15, -0.1) is 0 Å². The first kappa shape index (κ1) is 33.4. The molecule has 0 bridgehead atoms. The van der Waals surface area contributed by atoms with Crippen molar-refractivity contribution in [1.29, 1.82) is 0 Å². The van der Waals surface area contributed by atoms with Crippen molar-refractivity contribution in [2.45, 2.75) is 38.0 Å². The van der Waals surface area contributed by atoms with Crippen LogP contribution in [-0.4, -0.2) is 44.9 Å². The van der Waals surface area contributed by atoms with E-state index in [0.717, 1.165) is 22.6 Å². The van der Waals surface area contributed by atoms with Crippen LogP contribution in [0.3, 0.4) is 0 Å². The Bertz CT molecular complexity index is 2260. The molecule has 0 aromatic heterocycles. The van der Waals surface area contributed by atoms with Gasteiger partial charge in [0, 0.05) is 17.0 Å². The van der Waals surface area contributed by atoms with Crippen LogP contribution in [0.25, 0.3) is 0 Å². The van der Waals surface area contributed by atoms with Crippen LogP contribution < -0.4 is 9.80 Å². The molecule has 262 valence electrons. The number of allylic oxidation sites excluding steroid dienone is 2. The first-order valence-electron chi connectivity index (χ1n) is 17.0. The number of aryl methyl sites for hydroxylation is 2. The normalized spacial score (nSPS) is 26.6. The summed E-state index contributed by atoms with van der Waals surface area (Å²) in [6.07, 6.45) is 2.21. The van der Waals surface area contributed by atoms with Crippen LogP contribution in [0, 0.1) is 37.5 Å². The number of aromatic carboxylic acids is 1. The second-order valence-corrected chi connectivity index (χ2v) is 14.6. The molecule has 4 aliphatic rings. The van der Waals surface area contributed by atoms with Gasteiger partial charge in [-0.2, -0.15) is 0 Å². The molecule has 0 spiro atoms. The second kappa shape index (κ2) is 11.9. The minimum absolute atomic E-state index is 0.0449. The summed E-state index contributed by atoms with van der Waals surface area (Å²) in [6, 6.07) is 22.9. The second-order valence-electron chi connectivity index (χ2n) is 14.1. The summed E-state index contributed by atoms with van der Waals surface area (Å²) in [7, 11) is 0. The van der Waals surface area contributed by atoms with Gasteiger partial charge in [0.05, 0.1) is 34.5 Å². The van der Waals surface area contributed by atoms with Gasteiger partial charge in [-0.05, 0) is 85.2 Å². The number of hydrogen-bond acceptors (Lipinski definition) is 7. The van der Waals surface area contributed by atoms with Gasteiger partial charge in [0.1, 0.15) is 17.1 Å². The number of carboxylic acids is 1. The van der Waals surface area contributed by atoms with E-state index in [1.807, 2.05) is 48.5 Å². The van der Waals surface area contributed by atoms with Crippen molar-refractivity contribution >= 4 is 52.6 Å². The van der Waals surface area contributed by atoms with Gasteiger partial charge in [-0.1, -0.05) is 71.8 Å². The molecule has 10 nitrogen and oxygen atoms in total. The lowest BCUT2D eigenvalue weighted by atomic mass is 9.49. The number of aromatic hydroxyl groups is 2. The molecule has 4 amide bonds. The van der Waals surface area contributed by atoms with Crippen molar-refractivity contribution in [2.75, 3.05) is 9.80 Å². The monoisotopic (exact) mass is 716 g/mol. The van der Waals surface area contributed by atoms with E-state index < -0.39 is 70.4 Å². The van der Waals surface area contributed by atoms with Crippen LogP contribution in [0.4, 0.5) is 11.4 Å². The summed E-state index contributed by atoms with van der Waals surface area (Å²) in [5.41, 5.74) is 1.77. The topological polar surface area (TPSA) is 153 Å². The molecule has 2 heterocycles. The Balaban J connectivity index is 1.34. The van der Waals surface area contributed by atoms with Crippen LogP contribution in [0.15, 0.2) is 96.6 Å². The average molecular weight is 717 g/mol. The van der Waals surface area contributed by atoms with E-state index in [1.165, 1.54) is 11.0 Å². The molecule has 52 heavy (non-hydrogen) atoms. The Morgan fingerprint density at radius 2 is 1.48 bits per heavy atom. The molecular formula is C41H33ClN2O8. The summed E-state index contributed by atoms with van der Waals surface area (Å²) >= 11 is 6.38. The number of phenolic OH excluding ortho intramolecular Hbond substituents is 1. The molecule has 4 aromatic carbocycles. The standard InChI is InChI=1S/C41H33ClN2O8/c1-20-15-22(16-21(2)35(20)46)34-27-13-14-29-33(38(49)43(36(29)47)26-11-12-28(39(50)51)32(45)18-26)30(27)19-31-37(48)44(25-10-6-9-24(42)17-25)40(52)41(31,34)23-7-4-3-5-8-23/h3-13,15-18,29-31,33-34,45-46H,14,19H2,1-2H3,(H,50,51). The fraction of sp³-hybridized carbons (Fsp3) is 0.244. The number of carboxylic acid groups (broad SMARTS) is 1. The number of carbonyl (C=O) groups is 5. The van der Waals surface area contributed by atoms with Gasteiger partial charge in [0.25, 0.3) is 0 Å². The average Bonchev–Trinajstić information content (AvgIpc) is 3.51. The molecule has 3 fully saturated rings. The van der Waals surface area contributed by atoms with Crippen LogP contribution >= 0.6 is 11.6 Å². The quantitative estimate of drug-likeness (QED) is 0.158. The number of halogens is 1. The highest BCUT2D eigenvalue weighted by Crippen LogP contribution is 2.64. The summed E-state index contributed by atoms with van der Waals surface area (Å²) in [5, 5.41) is 31.1. The molecule has 4 aromatic rings. The van der Waals surface area contributed by atoms with Crippen LogP contribution in [0.2, 0.25) is 5.02 Å². The fourth-order valence-corrected chi connectivity index (χ4v) is 9.55. The van der Waals surface area contributed by atoms with Crippen LogP contribution in [0.1, 0.15) is 51.4 Å². The largest absolute Gasteiger partial charge is 0.507 e. The summed E-state index contributed by atoms with van der Waals surface area (Å²) in [5.74, 6) is -7.78. The number of carbonyl (C=O) groups excluding carboxylic acids is 4. The van der Waals surface area contributed by atoms with Crippen LogP contribution in [0.5, 0.6) is 11.5 Å². The van der Waals surface area contributed by atoms with E-state index in [0.29, 0.717) is 33.0 Å². The predicted molar refractivity (Wildman–Crippen MR) is 191 cm³/mol. The maximum Gasteiger partial charge on any atom is 0.339 e. The fourth-order valence-electron chi connectivity index (χ4n) is 9.37. The van der Waals surface area contributed by atoms with Crippen molar-refractivity contribution in [3.63, 3.8) is 0 Å². The number of phenols is 2. The molecule has 6 atom stereocenters. The summed E-state index contributed by atoms with van der Waals surface area (Å²) < 4.78 is 0. The lowest BCUT2D eigenvalue weighted by Crippen LogP contribution is -2.53. The van der Waals surface area contributed by atoms with Crippen molar-refractivity contribution < 1.29 is 39.3 Å². The van der Waals surface area contributed by atoms with E-state index >= 15 is 4.79 Å². The Morgan fingerprint density at radius 1 is 0.788 bits per heavy atom. The number of nitrogens with zero attached hydrogens (tertiary/aromatic N) is 2. The summed E-state index contributed by atoms with van der Waals surface area (Å²) in [4.78, 5) is 72.6. The minimum Gasteiger partial charge on any atom is -0.507 e. The first-order chi connectivity index (χ1) is 24.9. The number of imide groups is 2. The third kappa shape index (κ3) is 4.60. The van der Waals surface area contributed by atoms with Gasteiger partial charge in [0.2, 0.25) is 23.6 Å². The van der Waals surface area contributed by atoms with E-state index in [9.17, 15) is 34.5 Å². The Kier molecular flexibility index (Phi) is 7.66. The van der Waals surface area contributed by atoms with Crippen molar-refractivity contribution in [1.82, 2.24) is 0 Å². The number of anilines is 2. The Labute approximate surface area is 303 Å². The number of benzene rings is 4. The third-order valence-electron chi connectivity index (χ3n) is 11.5. The van der Waals surface area contributed by atoms with Crippen molar-refractivity contribution in [3.05, 3.63) is 129 Å². The highest BCUT2D eigenvalue weighted by Gasteiger charge is 2.70. The maximum absolute atomic E-state index is 15.4.